The minimum Gasteiger partial charge on any atom is -0.481 e. The predicted octanol–water partition coefficient (Wildman–Crippen LogP) is 2.14. The maximum atomic E-state index is 12.6. The van der Waals surface area contributed by atoms with E-state index in [2.05, 4.69) is 0 Å². The summed E-state index contributed by atoms with van der Waals surface area (Å²) in [5.74, 6) is -0.272. The zero-order valence-corrected chi connectivity index (χ0v) is 13.5. The van der Waals surface area contributed by atoms with Crippen LogP contribution in [-0.2, 0) is 15.6 Å². The van der Waals surface area contributed by atoms with Crippen molar-refractivity contribution in [2.24, 2.45) is 5.92 Å². The third kappa shape index (κ3) is 3.94. The van der Waals surface area contributed by atoms with Crippen LogP contribution in [0, 0.1) is 5.92 Å². The molecule has 1 aromatic carbocycles. The first kappa shape index (κ1) is 16.7. The van der Waals surface area contributed by atoms with Crippen LogP contribution in [0.25, 0.3) is 0 Å². The zero-order valence-electron chi connectivity index (χ0n) is 12.7. The summed E-state index contributed by atoms with van der Waals surface area (Å²) in [6.45, 7) is 2.95. The van der Waals surface area contributed by atoms with Gasteiger partial charge in [-0.15, -0.1) is 0 Å². The summed E-state index contributed by atoms with van der Waals surface area (Å²) in [5, 5.41) is 8.83. The molecule has 2 rings (SSSR count). The molecule has 0 radical (unpaired) electrons. The summed E-state index contributed by atoms with van der Waals surface area (Å²) in [6.07, 6.45) is 1.58. The summed E-state index contributed by atoms with van der Waals surface area (Å²) >= 11 is 0. The Bertz CT molecular complexity index is 579. The van der Waals surface area contributed by atoms with Gasteiger partial charge in [-0.1, -0.05) is 19.1 Å². The number of carbonyl (C=O) groups is 2. The molecule has 1 atom stereocenters. The van der Waals surface area contributed by atoms with Gasteiger partial charge in [-0.2, -0.15) is 0 Å². The highest BCUT2D eigenvalue weighted by molar-refractivity contribution is 7.85. The summed E-state index contributed by atoms with van der Waals surface area (Å²) in [6, 6.07) is 7.03. The zero-order chi connectivity index (χ0) is 16.1. The molecule has 1 fully saturated rings. The minimum atomic E-state index is -1.17. The van der Waals surface area contributed by atoms with E-state index in [1.165, 1.54) is 0 Å². The number of carboxylic acids is 1. The average molecular weight is 323 g/mol. The first-order valence-electron chi connectivity index (χ1n) is 7.51. The second kappa shape index (κ2) is 7.54. The lowest BCUT2D eigenvalue weighted by Gasteiger charge is -2.31. The standard InChI is InChI=1S/C16H21NO4S/c1-2-22(21)14-6-4-3-5-13(14)16(20)17-9-7-12(8-10-17)11-15(18)19/h3-6,12H,2,7-11H2,1H3,(H,18,19). The van der Waals surface area contributed by atoms with Crippen LogP contribution in [0.2, 0.25) is 0 Å². The SMILES string of the molecule is CCS(=O)c1ccccc1C(=O)N1CCC(CC(=O)O)CC1. The van der Waals surface area contributed by atoms with Crippen molar-refractivity contribution in [2.45, 2.75) is 31.1 Å². The van der Waals surface area contributed by atoms with E-state index in [1.807, 2.05) is 6.92 Å². The molecular formula is C16H21NO4S. The van der Waals surface area contributed by atoms with Crippen LogP contribution in [0.15, 0.2) is 29.2 Å². The molecule has 0 saturated carbocycles. The summed E-state index contributed by atoms with van der Waals surface area (Å²) < 4.78 is 12.1. The minimum absolute atomic E-state index is 0.105. The Balaban J connectivity index is 2.07. The van der Waals surface area contributed by atoms with E-state index >= 15 is 0 Å². The van der Waals surface area contributed by atoms with E-state index in [-0.39, 0.29) is 18.2 Å². The molecule has 1 amide bonds. The second-order valence-electron chi connectivity index (χ2n) is 5.46. The number of carbonyl (C=O) groups excluding carboxylic acids is 1. The van der Waals surface area contributed by atoms with Crippen molar-refractivity contribution in [2.75, 3.05) is 18.8 Å². The Hall–Kier alpha value is -1.69. The number of hydrogen-bond acceptors (Lipinski definition) is 3. The third-order valence-corrected chi connectivity index (χ3v) is 5.36. The Morgan fingerprint density at radius 3 is 2.50 bits per heavy atom. The van der Waals surface area contributed by atoms with Gasteiger partial charge in [0.15, 0.2) is 0 Å². The lowest BCUT2D eigenvalue weighted by molar-refractivity contribution is -0.138. The summed E-state index contributed by atoms with van der Waals surface area (Å²) in [4.78, 5) is 25.7. The first-order valence-corrected chi connectivity index (χ1v) is 8.83. The largest absolute Gasteiger partial charge is 0.481 e. The number of nitrogens with zero attached hydrogens (tertiary/aromatic N) is 1. The molecule has 1 aliphatic rings. The number of amides is 1. The van der Waals surface area contributed by atoms with Crippen molar-refractivity contribution in [1.82, 2.24) is 4.90 Å². The fraction of sp³-hybridized carbons (Fsp3) is 0.500. The van der Waals surface area contributed by atoms with Crippen molar-refractivity contribution in [1.29, 1.82) is 0 Å². The predicted molar refractivity (Wildman–Crippen MR) is 84.3 cm³/mol. The number of aliphatic carboxylic acids is 1. The van der Waals surface area contributed by atoms with E-state index in [0.717, 1.165) is 0 Å². The Labute approximate surface area is 132 Å². The van der Waals surface area contributed by atoms with Gasteiger partial charge < -0.3 is 10.0 Å². The number of carboxylic acid groups (broad SMARTS) is 1. The maximum Gasteiger partial charge on any atom is 0.303 e. The molecule has 5 nitrogen and oxygen atoms in total. The van der Waals surface area contributed by atoms with Gasteiger partial charge in [0.05, 0.1) is 21.3 Å². The average Bonchev–Trinajstić information content (AvgIpc) is 2.53. The molecule has 6 heteroatoms. The molecule has 0 aromatic heterocycles. The highest BCUT2D eigenvalue weighted by Gasteiger charge is 2.26. The number of rotatable bonds is 5. The smallest absolute Gasteiger partial charge is 0.303 e. The van der Waals surface area contributed by atoms with Crippen molar-refractivity contribution in [3.63, 3.8) is 0 Å². The normalized spacial score (nSPS) is 17.2. The van der Waals surface area contributed by atoms with Gasteiger partial charge in [0.25, 0.3) is 5.91 Å². The molecule has 1 unspecified atom stereocenters. The quantitative estimate of drug-likeness (QED) is 0.901. The topological polar surface area (TPSA) is 74.7 Å². The van der Waals surface area contributed by atoms with Crippen molar-refractivity contribution >= 4 is 22.7 Å². The fourth-order valence-corrected chi connectivity index (χ4v) is 3.70. The van der Waals surface area contributed by atoms with Gasteiger partial charge in [-0.3, -0.25) is 13.8 Å². The third-order valence-electron chi connectivity index (χ3n) is 3.99. The van der Waals surface area contributed by atoms with Crippen LogP contribution in [0.4, 0.5) is 0 Å². The van der Waals surface area contributed by atoms with Gasteiger partial charge in [0, 0.05) is 25.3 Å². The number of hydrogen-bond donors (Lipinski definition) is 1. The first-order chi connectivity index (χ1) is 10.5. The summed E-state index contributed by atoms with van der Waals surface area (Å²) in [5.41, 5.74) is 0.499. The molecular weight excluding hydrogens is 302 g/mol. The van der Waals surface area contributed by atoms with E-state index in [9.17, 15) is 13.8 Å². The molecule has 1 heterocycles. The van der Waals surface area contributed by atoms with Crippen molar-refractivity contribution < 1.29 is 18.9 Å². The highest BCUT2D eigenvalue weighted by Crippen LogP contribution is 2.23. The van der Waals surface area contributed by atoms with Crippen LogP contribution < -0.4 is 0 Å². The molecule has 120 valence electrons. The van der Waals surface area contributed by atoms with Crippen molar-refractivity contribution in [3.05, 3.63) is 29.8 Å². The van der Waals surface area contributed by atoms with Crippen LogP contribution in [-0.4, -0.2) is 44.9 Å². The van der Waals surface area contributed by atoms with Gasteiger partial charge in [0.2, 0.25) is 0 Å². The van der Waals surface area contributed by atoms with Crippen molar-refractivity contribution in [3.8, 4) is 0 Å². The van der Waals surface area contributed by atoms with E-state index in [4.69, 9.17) is 5.11 Å². The molecule has 22 heavy (non-hydrogen) atoms. The lowest BCUT2D eigenvalue weighted by atomic mass is 9.93. The fourth-order valence-electron chi connectivity index (χ4n) is 2.75. The maximum absolute atomic E-state index is 12.6. The lowest BCUT2D eigenvalue weighted by Crippen LogP contribution is -2.39. The highest BCUT2D eigenvalue weighted by atomic mass is 32.2. The van der Waals surface area contributed by atoms with Crippen LogP contribution in [0.1, 0.15) is 36.5 Å². The van der Waals surface area contributed by atoms with Gasteiger partial charge in [0.1, 0.15) is 0 Å². The Morgan fingerprint density at radius 1 is 1.27 bits per heavy atom. The van der Waals surface area contributed by atoms with E-state index in [0.29, 0.717) is 42.1 Å². The molecule has 1 aliphatic heterocycles. The van der Waals surface area contributed by atoms with Gasteiger partial charge >= 0.3 is 5.97 Å². The molecule has 0 bridgehead atoms. The van der Waals surface area contributed by atoms with Crippen LogP contribution in [0.5, 0.6) is 0 Å². The second-order valence-corrected chi connectivity index (χ2v) is 7.17. The molecule has 1 aromatic rings. The molecule has 1 N–H and O–H groups in total. The number of benzene rings is 1. The molecule has 0 spiro atoms. The van der Waals surface area contributed by atoms with E-state index < -0.39 is 16.8 Å². The van der Waals surface area contributed by atoms with Crippen LogP contribution in [0.3, 0.4) is 0 Å². The number of piperidine rings is 1. The van der Waals surface area contributed by atoms with E-state index in [1.54, 1.807) is 29.2 Å². The van der Waals surface area contributed by atoms with Gasteiger partial charge in [-0.05, 0) is 30.9 Å². The molecule has 1 saturated heterocycles. The van der Waals surface area contributed by atoms with Gasteiger partial charge in [-0.25, -0.2) is 0 Å². The monoisotopic (exact) mass is 323 g/mol. The number of likely N-dealkylation sites (tertiary alicyclic amines) is 1. The Kier molecular flexibility index (Phi) is 5.71. The van der Waals surface area contributed by atoms with Crippen LogP contribution >= 0.6 is 0 Å². The summed E-state index contributed by atoms with van der Waals surface area (Å²) in [7, 11) is -1.17. The molecule has 0 aliphatic carbocycles. The Morgan fingerprint density at radius 2 is 1.91 bits per heavy atom.